The van der Waals surface area contributed by atoms with Crippen LogP contribution in [0.15, 0.2) is 30.9 Å². The van der Waals surface area contributed by atoms with Crippen LogP contribution >= 0.6 is 0 Å². The van der Waals surface area contributed by atoms with Gasteiger partial charge in [-0.2, -0.15) is 0 Å². The first-order valence-electron chi connectivity index (χ1n) is 9.82. The van der Waals surface area contributed by atoms with E-state index in [0.717, 1.165) is 24.3 Å². The maximum absolute atomic E-state index is 12.5. The summed E-state index contributed by atoms with van der Waals surface area (Å²) in [7, 11) is 0. The maximum atomic E-state index is 12.5. The van der Waals surface area contributed by atoms with Gasteiger partial charge < -0.3 is 15.2 Å². The standard InChI is InChI=1S/C21H29N5O/c1-20(2)9-17-10-21(3,12-20)13-26(17)16-5-7-23-18(8-16)19(27)24-6-4-15-11-22-14-25-15/h5,7-8,11,14,17H,4,6,9-10,12-13H2,1-3H3,(H,22,25)(H,24,27)/t17-,21-/m1/s1. The molecule has 144 valence electrons. The van der Waals surface area contributed by atoms with Crippen LogP contribution in [0.3, 0.4) is 0 Å². The molecule has 6 heteroatoms. The van der Waals surface area contributed by atoms with Gasteiger partial charge in [0.1, 0.15) is 5.69 Å². The van der Waals surface area contributed by atoms with E-state index in [4.69, 9.17) is 0 Å². The van der Waals surface area contributed by atoms with Crippen LogP contribution < -0.4 is 10.2 Å². The molecule has 4 rings (SSSR count). The monoisotopic (exact) mass is 367 g/mol. The van der Waals surface area contributed by atoms with E-state index >= 15 is 0 Å². The number of pyridine rings is 1. The molecule has 27 heavy (non-hydrogen) atoms. The van der Waals surface area contributed by atoms with E-state index in [2.05, 4.69) is 45.9 Å². The van der Waals surface area contributed by atoms with Crippen molar-refractivity contribution in [3.8, 4) is 0 Å². The number of rotatable bonds is 5. The fraction of sp³-hybridized carbons (Fsp3) is 0.571. The number of anilines is 1. The van der Waals surface area contributed by atoms with Gasteiger partial charge in [-0.15, -0.1) is 0 Å². The minimum atomic E-state index is -0.120. The van der Waals surface area contributed by atoms with E-state index in [1.807, 2.05) is 12.1 Å². The number of aromatic amines is 1. The molecule has 1 saturated heterocycles. The zero-order valence-corrected chi connectivity index (χ0v) is 16.5. The van der Waals surface area contributed by atoms with Crippen molar-refractivity contribution in [3.63, 3.8) is 0 Å². The molecule has 2 aromatic heterocycles. The summed E-state index contributed by atoms with van der Waals surface area (Å²) in [5.74, 6) is -0.120. The molecule has 2 atom stereocenters. The molecule has 1 aliphatic heterocycles. The Morgan fingerprint density at radius 1 is 1.37 bits per heavy atom. The molecule has 1 aliphatic carbocycles. The Morgan fingerprint density at radius 2 is 2.22 bits per heavy atom. The average molecular weight is 367 g/mol. The smallest absolute Gasteiger partial charge is 0.269 e. The Bertz CT molecular complexity index is 816. The van der Waals surface area contributed by atoms with Gasteiger partial charge in [-0.1, -0.05) is 20.8 Å². The van der Waals surface area contributed by atoms with Gasteiger partial charge in [0.2, 0.25) is 0 Å². The van der Waals surface area contributed by atoms with Crippen LogP contribution in [0, 0.1) is 10.8 Å². The number of hydrogen-bond donors (Lipinski definition) is 2. The molecule has 6 nitrogen and oxygen atoms in total. The Balaban J connectivity index is 1.44. The van der Waals surface area contributed by atoms with Gasteiger partial charge in [0, 0.05) is 49.3 Å². The van der Waals surface area contributed by atoms with Crippen molar-refractivity contribution in [1.82, 2.24) is 20.3 Å². The second kappa shape index (κ2) is 6.66. The summed E-state index contributed by atoms with van der Waals surface area (Å²) in [6, 6.07) is 4.54. The third-order valence-electron chi connectivity index (χ3n) is 5.96. The lowest BCUT2D eigenvalue weighted by molar-refractivity contribution is 0.0949. The molecule has 0 radical (unpaired) electrons. The van der Waals surface area contributed by atoms with Gasteiger partial charge in [-0.3, -0.25) is 9.78 Å². The Labute approximate surface area is 160 Å². The van der Waals surface area contributed by atoms with Crippen molar-refractivity contribution in [2.24, 2.45) is 10.8 Å². The van der Waals surface area contributed by atoms with Crippen molar-refractivity contribution >= 4 is 11.6 Å². The molecule has 1 saturated carbocycles. The van der Waals surface area contributed by atoms with Crippen LogP contribution in [0.5, 0.6) is 0 Å². The summed E-state index contributed by atoms with van der Waals surface area (Å²) in [4.78, 5) is 26.3. The first-order chi connectivity index (χ1) is 12.8. The van der Waals surface area contributed by atoms with Gasteiger partial charge >= 0.3 is 0 Å². The number of amides is 1. The molecular formula is C21H29N5O. The molecule has 2 aliphatic rings. The van der Waals surface area contributed by atoms with Gasteiger partial charge in [-0.05, 0) is 42.2 Å². The van der Waals surface area contributed by atoms with Crippen molar-refractivity contribution in [1.29, 1.82) is 0 Å². The number of nitrogens with one attached hydrogen (secondary N) is 2. The van der Waals surface area contributed by atoms with Crippen LogP contribution in [0.1, 0.15) is 56.2 Å². The highest BCUT2D eigenvalue weighted by Gasteiger charge is 2.49. The highest BCUT2D eigenvalue weighted by atomic mass is 16.1. The van der Waals surface area contributed by atoms with Gasteiger partial charge in [0.25, 0.3) is 5.91 Å². The van der Waals surface area contributed by atoms with Crippen molar-refractivity contribution in [3.05, 3.63) is 42.2 Å². The third-order valence-corrected chi connectivity index (χ3v) is 5.96. The Hall–Kier alpha value is -2.37. The fourth-order valence-electron chi connectivity index (χ4n) is 5.31. The van der Waals surface area contributed by atoms with Gasteiger partial charge in [0.15, 0.2) is 0 Å². The Morgan fingerprint density at radius 3 is 3.00 bits per heavy atom. The number of fused-ring (bicyclic) bond motifs is 2. The summed E-state index contributed by atoms with van der Waals surface area (Å²) < 4.78 is 0. The van der Waals surface area contributed by atoms with Crippen molar-refractivity contribution in [2.45, 2.75) is 52.5 Å². The molecule has 3 heterocycles. The van der Waals surface area contributed by atoms with Gasteiger partial charge in [0.05, 0.1) is 6.33 Å². The maximum Gasteiger partial charge on any atom is 0.269 e. The predicted octanol–water partition coefficient (Wildman–Crippen LogP) is 3.18. The number of imidazole rings is 1. The molecule has 2 bridgehead atoms. The minimum absolute atomic E-state index is 0.120. The van der Waals surface area contributed by atoms with E-state index in [1.54, 1.807) is 18.7 Å². The summed E-state index contributed by atoms with van der Waals surface area (Å²) in [6.07, 6.45) is 9.62. The van der Waals surface area contributed by atoms with Crippen LogP contribution in [-0.4, -0.2) is 40.0 Å². The predicted molar refractivity (Wildman–Crippen MR) is 106 cm³/mol. The molecule has 1 amide bonds. The van der Waals surface area contributed by atoms with E-state index in [-0.39, 0.29) is 5.91 Å². The van der Waals surface area contributed by atoms with E-state index < -0.39 is 0 Å². The van der Waals surface area contributed by atoms with E-state index in [1.165, 1.54) is 19.3 Å². The summed E-state index contributed by atoms with van der Waals surface area (Å²) in [5, 5.41) is 2.95. The van der Waals surface area contributed by atoms with Crippen molar-refractivity contribution < 1.29 is 4.79 Å². The summed E-state index contributed by atoms with van der Waals surface area (Å²) >= 11 is 0. The minimum Gasteiger partial charge on any atom is -0.368 e. The number of aromatic nitrogens is 3. The lowest BCUT2D eigenvalue weighted by atomic mass is 9.65. The lowest BCUT2D eigenvalue weighted by Crippen LogP contribution is -2.34. The molecule has 0 spiro atoms. The average Bonchev–Trinajstić information content (AvgIpc) is 3.19. The molecule has 2 N–H and O–H groups in total. The van der Waals surface area contributed by atoms with Crippen LogP contribution in [0.4, 0.5) is 5.69 Å². The summed E-state index contributed by atoms with van der Waals surface area (Å²) in [5.41, 5.74) is 3.37. The second-order valence-corrected chi connectivity index (χ2v) is 9.32. The lowest BCUT2D eigenvalue weighted by Gasteiger charge is -2.39. The van der Waals surface area contributed by atoms with Crippen molar-refractivity contribution in [2.75, 3.05) is 18.0 Å². The molecule has 2 fully saturated rings. The highest BCUT2D eigenvalue weighted by molar-refractivity contribution is 5.93. The zero-order chi connectivity index (χ0) is 19.1. The normalized spacial score (nSPS) is 26.2. The highest BCUT2D eigenvalue weighted by Crippen LogP contribution is 2.53. The molecule has 2 aromatic rings. The molecule has 0 aromatic carbocycles. The van der Waals surface area contributed by atoms with Crippen LogP contribution in [0.25, 0.3) is 0 Å². The SMILES string of the molecule is CC1(C)C[C@@H]2C[C@@](C)(CN2c2ccnc(C(=O)NCCc3cnc[nH]3)c2)C1. The molecular weight excluding hydrogens is 338 g/mol. The van der Waals surface area contributed by atoms with E-state index in [9.17, 15) is 4.79 Å². The summed E-state index contributed by atoms with van der Waals surface area (Å²) in [6.45, 7) is 8.79. The topological polar surface area (TPSA) is 73.9 Å². The number of nitrogens with zero attached hydrogens (tertiary/aromatic N) is 3. The first kappa shape index (κ1) is 18.0. The van der Waals surface area contributed by atoms with Crippen LogP contribution in [-0.2, 0) is 6.42 Å². The third kappa shape index (κ3) is 3.84. The zero-order valence-electron chi connectivity index (χ0n) is 16.5. The number of carbonyl (C=O) groups excluding carboxylic acids is 1. The number of hydrogen-bond acceptors (Lipinski definition) is 4. The Kier molecular flexibility index (Phi) is 4.44. The largest absolute Gasteiger partial charge is 0.368 e. The first-order valence-corrected chi connectivity index (χ1v) is 9.82. The quantitative estimate of drug-likeness (QED) is 0.851. The number of H-pyrrole nitrogens is 1. The van der Waals surface area contributed by atoms with E-state index in [0.29, 0.717) is 29.1 Å². The molecule has 0 unspecified atom stereocenters. The van der Waals surface area contributed by atoms with Crippen LogP contribution in [0.2, 0.25) is 0 Å². The fourth-order valence-corrected chi connectivity index (χ4v) is 5.31. The van der Waals surface area contributed by atoms with Gasteiger partial charge in [-0.25, -0.2) is 4.98 Å². The number of carbonyl (C=O) groups is 1. The second-order valence-electron chi connectivity index (χ2n) is 9.32.